The molecule has 0 aromatic heterocycles. The first-order valence-corrected chi connectivity index (χ1v) is 5.65. The fourth-order valence-corrected chi connectivity index (χ4v) is 2.12. The fourth-order valence-electron chi connectivity index (χ4n) is 1.96. The van der Waals surface area contributed by atoms with Gasteiger partial charge in [-0.05, 0) is 17.7 Å². The van der Waals surface area contributed by atoms with E-state index in [-0.39, 0.29) is 5.60 Å². The molecule has 4 heteroatoms. The van der Waals surface area contributed by atoms with Crippen LogP contribution in [0.5, 0.6) is 5.75 Å². The van der Waals surface area contributed by atoms with Gasteiger partial charge in [0, 0.05) is 31.6 Å². The van der Waals surface area contributed by atoms with Gasteiger partial charge in [-0.3, -0.25) is 0 Å². The summed E-state index contributed by atoms with van der Waals surface area (Å²) < 4.78 is 10.9. The Morgan fingerprint density at radius 1 is 1.38 bits per heavy atom. The summed E-state index contributed by atoms with van der Waals surface area (Å²) in [4.78, 5) is 0. The third-order valence-corrected chi connectivity index (χ3v) is 3.32. The van der Waals surface area contributed by atoms with Crippen molar-refractivity contribution in [2.75, 3.05) is 27.3 Å². The third-order valence-electron chi connectivity index (χ3n) is 3.09. The zero-order valence-corrected chi connectivity index (χ0v) is 10.3. The van der Waals surface area contributed by atoms with E-state index in [1.165, 1.54) is 0 Å². The van der Waals surface area contributed by atoms with Crippen molar-refractivity contribution >= 4 is 11.6 Å². The zero-order valence-electron chi connectivity index (χ0n) is 9.55. The number of benzene rings is 1. The second-order valence-corrected chi connectivity index (χ2v) is 4.56. The lowest BCUT2D eigenvalue weighted by Crippen LogP contribution is -2.61. The van der Waals surface area contributed by atoms with Crippen molar-refractivity contribution < 1.29 is 9.47 Å². The monoisotopic (exact) mass is 241 g/mol. The summed E-state index contributed by atoms with van der Waals surface area (Å²) in [7, 11) is 3.41. The molecule has 0 amide bonds. The minimum absolute atomic E-state index is 0.0822. The van der Waals surface area contributed by atoms with Gasteiger partial charge >= 0.3 is 0 Å². The molecular formula is C12H16ClNO2. The van der Waals surface area contributed by atoms with Gasteiger partial charge in [0.2, 0.25) is 0 Å². The Bertz CT molecular complexity index is 372. The Morgan fingerprint density at radius 2 is 2.12 bits per heavy atom. The Hall–Kier alpha value is -0.770. The molecule has 1 aliphatic rings. The van der Waals surface area contributed by atoms with E-state index in [1.54, 1.807) is 14.2 Å². The molecule has 1 N–H and O–H groups in total. The van der Waals surface area contributed by atoms with Gasteiger partial charge in [0.25, 0.3) is 0 Å². The summed E-state index contributed by atoms with van der Waals surface area (Å²) in [5.41, 5.74) is 1.05. The van der Waals surface area contributed by atoms with Gasteiger partial charge in [0.1, 0.15) is 5.75 Å². The second kappa shape index (κ2) is 4.62. The molecule has 0 bridgehead atoms. The van der Waals surface area contributed by atoms with E-state index in [2.05, 4.69) is 5.32 Å². The van der Waals surface area contributed by atoms with Crippen LogP contribution in [0, 0.1) is 0 Å². The molecule has 2 rings (SSSR count). The van der Waals surface area contributed by atoms with Crippen LogP contribution in [-0.2, 0) is 11.2 Å². The van der Waals surface area contributed by atoms with E-state index in [1.807, 2.05) is 18.2 Å². The van der Waals surface area contributed by atoms with Crippen molar-refractivity contribution in [3.05, 3.63) is 28.8 Å². The lowest BCUT2D eigenvalue weighted by Gasteiger charge is -2.41. The number of ether oxygens (including phenoxy) is 2. The molecule has 0 spiro atoms. The molecule has 1 aliphatic heterocycles. The first-order chi connectivity index (χ1) is 7.69. The first kappa shape index (κ1) is 11.7. The quantitative estimate of drug-likeness (QED) is 0.873. The van der Waals surface area contributed by atoms with Crippen LogP contribution in [0.3, 0.4) is 0 Å². The second-order valence-electron chi connectivity index (χ2n) is 4.12. The maximum absolute atomic E-state index is 5.92. The predicted molar refractivity (Wildman–Crippen MR) is 64.3 cm³/mol. The normalized spacial score (nSPS) is 17.9. The molecule has 1 aromatic rings. The van der Waals surface area contributed by atoms with Crippen molar-refractivity contribution in [2.45, 2.75) is 12.0 Å². The van der Waals surface area contributed by atoms with Gasteiger partial charge < -0.3 is 14.8 Å². The smallest absolute Gasteiger partial charge is 0.123 e. The maximum Gasteiger partial charge on any atom is 0.123 e. The first-order valence-electron chi connectivity index (χ1n) is 5.27. The Kier molecular flexibility index (Phi) is 3.38. The lowest BCUT2D eigenvalue weighted by molar-refractivity contribution is -0.0505. The summed E-state index contributed by atoms with van der Waals surface area (Å²) in [5, 5.41) is 3.92. The molecule has 1 fully saturated rings. The molecule has 0 unspecified atom stereocenters. The number of halogens is 1. The molecule has 1 aromatic carbocycles. The van der Waals surface area contributed by atoms with Crippen LogP contribution in [0.2, 0.25) is 5.02 Å². The highest BCUT2D eigenvalue weighted by Crippen LogP contribution is 2.29. The van der Waals surface area contributed by atoms with Gasteiger partial charge in [-0.2, -0.15) is 0 Å². The molecule has 0 radical (unpaired) electrons. The predicted octanol–water partition coefficient (Wildman–Crippen LogP) is 1.88. The average molecular weight is 242 g/mol. The zero-order chi connectivity index (χ0) is 11.6. The molecular weight excluding hydrogens is 226 g/mol. The van der Waals surface area contributed by atoms with E-state index in [0.717, 1.165) is 30.8 Å². The molecule has 0 atom stereocenters. The standard InChI is InChI=1S/C12H16ClNO2/c1-15-11-5-10(13)4-3-9(11)6-12(16-2)7-14-8-12/h3-5,14H,6-8H2,1-2H3. The minimum atomic E-state index is -0.0822. The van der Waals surface area contributed by atoms with E-state index in [4.69, 9.17) is 21.1 Å². The SMILES string of the molecule is COc1cc(Cl)ccc1CC1(OC)CNC1. The molecule has 1 saturated heterocycles. The van der Waals surface area contributed by atoms with Crippen molar-refractivity contribution in [3.63, 3.8) is 0 Å². The van der Waals surface area contributed by atoms with Gasteiger partial charge in [-0.1, -0.05) is 17.7 Å². The Balaban J connectivity index is 2.20. The maximum atomic E-state index is 5.92. The molecule has 0 saturated carbocycles. The highest BCUT2D eigenvalue weighted by molar-refractivity contribution is 6.30. The van der Waals surface area contributed by atoms with Gasteiger partial charge in [-0.15, -0.1) is 0 Å². The van der Waals surface area contributed by atoms with E-state index in [0.29, 0.717) is 5.02 Å². The lowest BCUT2D eigenvalue weighted by atomic mass is 9.88. The van der Waals surface area contributed by atoms with Crippen molar-refractivity contribution in [1.82, 2.24) is 5.32 Å². The number of rotatable bonds is 4. The summed E-state index contributed by atoms with van der Waals surface area (Å²) >= 11 is 5.92. The van der Waals surface area contributed by atoms with E-state index >= 15 is 0 Å². The summed E-state index contributed by atoms with van der Waals surface area (Å²) in [5.74, 6) is 0.829. The molecule has 88 valence electrons. The Labute approximate surface area is 101 Å². The van der Waals surface area contributed by atoms with Crippen molar-refractivity contribution in [2.24, 2.45) is 0 Å². The van der Waals surface area contributed by atoms with Gasteiger partial charge in [-0.25, -0.2) is 0 Å². The topological polar surface area (TPSA) is 30.5 Å². The number of hydrogen-bond acceptors (Lipinski definition) is 3. The van der Waals surface area contributed by atoms with E-state index < -0.39 is 0 Å². The molecule has 3 nitrogen and oxygen atoms in total. The molecule has 16 heavy (non-hydrogen) atoms. The highest BCUT2D eigenvalue weighted by Gasteiger charge is 2.37. The van der Waals surface area contributed by atoms with Crippen LogP contribution in [0.1, 0.15) is 5.56 Å². The largest absolute Gasteiger partial charge is 0.496 e. The number of nitrogens with one attached hydrogen (secondary N) is 1. The van der Waals surface area contributed by atoms with Crippen LogP contribution in [-0.4, -0.2) is 32.9 Å². The van der Waals surface area contributed by atoms with Gasteiger partial charge in [0.15, 0.2) is 0 Å². The van der Waals surface area contributed by atoms with Crippen LogP contribution in [0.4, 0.5) is 0 Å². The summed E-state index contributed by atoms with van der Waals surface area (Å²) in [6.45, 7) is 1.77. The Morgan fingerprint density at radius 3 is 2.62 bits per heavy atom. The third kappa shape index (κ3) is 2.17. The van der Waals surface area contributed by atoms with Crippen LogP contribution in [0.25, 0.3) is 0 Å². The van der Waals surface area contributed by atoms with Crippen LogP contribution >= 0.6 is 11.6 Å². The van der Waals surface area contributed by atoms with Gasteiger partial charge in [0.05, 0.1) is 12.7 Å². The summed E-state index contributed by atoms with van der Waals surface area (Å²) in [6.07, 6.45) is 0.844. The molecule has 1 heterocycles. The van der Waals surface area contributed by atoms with Crippen molar-refractivity contribution in [3.8, 4) is 5.75 Å². The number of hydrogen-bond donors (Lipinski definition) is 1. The average Bonchev–Trinajstić information content (AvgIpc) is 2.25. The van der Waals surface area contributed by atoms with E-state index in [9.17, 15) is 0 Å². The fraction of sp³-hybridized carbons (Fsp3) is 0.500. The number of methoxy groups -OCH3 is 2. The highest BCUT2D eigenvalue weighted by atomic mass is 35.5. The minimum Gasteiger partial charge on any atom is -0.496 e. The molecule has 0 aliphatic carbocycles. The van der Waals surface area contributed by atoms with Crippen molar-refractivity contribution in [1.29, 1.82) is 0 Å². The van der Waals surface area contributed by atoms with Crippen LogP contribution < -0.4 is 10.1 Å². The summed E-state index contributed by atoms with van der Waals surface area (Å²) in [6, 6.07) is 5.72. The van der Waals surface area contributed by atoms with Crippen LogP contribution in [0.15, 0.2) is 18.2 Å².